The minimum Gasteiger partial charge on any atom is -0.473 e. The van der Waals surface area contributed by atoms with Crippen molar-refractivity contribution < 1.29 is 19.8 Å². The Morgan fingerprint density at radius 1 is 0.852 bits per heavy atom. The first-order valence-electron chi connectivity index (χ1n) is 9.19. The Labute approximate surface area is 159 Å². The number of carbonyl (C=O) groups is 2. The van der Waals surface area contributed by atoms with Gasteiger partial charge in [-0.05, 0) is 54.6 Å². The Kier molecular flexibility index (Phi) is 4.60. The average molecular weight is 367 g/mol. The second-order valence-electron chi connectivity index (χ2n) is 7.14. The molecule has 0 aromatic heterocycles. The van der Waals surface area contributed by atoms with Crippen LogP contribution < -0.4 is 0 Å². The van der Waals surface area contributed by atoms with Crippen LogP contribution in [0.2, 0.25) is 0 Å². The van der Waals surface area contributed by atoms with Gasteiger partial charge in [-0.15, -0.1) is 0 Å². The molecule has 0 saturated carbocycles. The maximum atomic E-state index is 9.10. The first-order chi connectivity index (χ1) is 12.8. The van der Waals surface area contributed by atoms with Crippen LogP contribution in [-0.4, -0.2) is 34.1 Å². The monoisotopic (exact) mass is 367 g/mol. The lowest BCUT2D eigenvalue weighted by Gasteiger charge is -2.36. The van der Waals surface area contributed by atoms with Gasteiger partial charge >= 0.3 is 11.9 Å². The van der Waals surface area contributed by atoms with Crippen LogP contribution in [0.25, 0.3) is 0 Å². The molecule has 5 nitrogen and oxygen atoms in total. The van der Waals surface area contributed by atoms with Crippen molar-refractivity contribution in [2.45, 2.75) is 44.7 Å². The molecule has 0 spiro atoms. The van der Waals surface area contributed by atoms with Crippen LogP contribution in [0.1, 0.15) is 54.5 Å². The molecule has 2 aliphatic rings. The van der Waals surface area contributed by atoms with E-state index in [0.29, 0.717) is 0 Å². The molecule has 2 bridgehead atoms. The quantitative estimate of drug-likeness (QED) is 0.791. The van der Waals surface area contributed by atoms with Crippen molar-refractivity contribution in [1.82, 2.24) is 4.90 Å². The van der Waals surface area contributed by atoms with Gasteiger partial charge in [0.1, 0.15) is 0 Å². The SMILES string of the molecule is CCC12c3ccccc3C(CC)(c3c(C)cccc31)N2C.O=C(O)C(=O)O. The zero-order chi connectivity index (χ0) is 20.0. The van der Waals surface area contributed by atoms with Crippen molar-refractivity contribution >= 4 is 11.9 Å². The Bertz CT molecular complexity index is 910. The number of carboxylic acid groups (broad SMARTS) is 2. The van der Waals surface area contributed by atoms with Gasteiger partial charge in [-0.25, -0.2) is 9.59 Å². The zero-order valence-electron chi connectivity index (χ0n) is 16.1. The third kappa shape index (κ3) is 2.28. The summed E-state index contributed by atoms with van der Waals surface area (Å²) in [4.78, 5) is 20.9. The van der Waals surface area contributed by atoms with Gasteiger partial charge in [0.15, 0.2) is 0 Å². The Morgan fingerprint density at radius 2 is 1.33 bits per heavy atom. The van der Waals surface area contributed by atoms with Gasteiger partial charge in [0, 0.05) is 0 Å². The van der Waals surface area contributed by atoms with E-state index in [4.69, 9.17) is 19.8 Å². The van der Waals surface area contributed by atoms with Gasteiger partial charge < -0.3 is 10.2 Å². The molecule has 2 unspecified atom stereocenters. The van der Waals surface area contributed by atoms with Crippen LogP contribution in [0, 0.1) is 6.92 Å². The minimum atomic E-state index is -1.82. The van der Waals surface area contributed by atoms with Crippen molar-refractivity contribution in [3.8, 4) is 0 Å². The van der Waals surface area contributed by atoms with E-state index in [9.17, 15) is 0 Å². The molecule has 0 aliphatic carbocycles. The number of nitrogens with zero attached hydrogens (tertiary/aromatic N) is 1. The van der Waals surface area contributed by atoms with Crippen LogP contribution in [-0.2, 0) is 20.7 Å². The number of hydrogen-bond donors (Lipinski definition) is 2. The molecular formula is C22H25NO4. The topological polar surface area (TPSA) is 77.8 Å². The Balaban J connectivity index is 0.000000307. The number of benzene rings is 2. The second kappa shape index (κ2) is 6.50. The lowest BCUT2D eigenvalue weighted by Crippen LogP contribution is -2.42. The third-order valence-corrected chi connectivity index (χ3v) is 6.30. The van der Waals surface area contributed by atoms with Gasteiger partial charge in [-0.3, -0.25) is 4.90 Å². The molecular weight excluding hydrogens is 342 g/mol. The maximum Gasteiger partial charge on any atom is 0.414 e. The molecule has 0 fully saturated rings. The van der Waals surface area contributed by atoms with E-state index < -0.39 is 11.9 Å². The van der Waals surface area contributed by atoms with Gasteiger partial charge in [0.05, 0.1) is 11.1 Å². The molecule has 2 N–H and O–H groups in total. The number of rotatable bonds is 2. The minimum absolute atomic E-state index is 0.0628. The van der Waals surface area contributed by atoms with Crippen LogP contribution in [0.5, 0.6) is 0 Å². The lowest BCUT2D eigenvalue weighted by molar-refractivity contribution is -0.159. The fourth-order valence-corrected chi connectivity index (χ4v) is 5.30. The van der Waals surface area contributed by atoms with E-state index in [-0.39, 0.29) is 11.1 Å². The van der Waals surface area contributed by atoms with Crippen molar-refractivity contribution in [1.29, 1.82) is 0 Å². The third-order valence-electron chi connectivity index (χ3n) is 6.30. The summed E-state index contributed by atoms with van der Waals surface area (Å²) in [6.45, 7) is 6.94. The summed E-state index contributed by atoms with van der Waals surface area (Å²) in [5.41, 5.74) is 7.71. The summed E-state index contributed by atoms with van der Waals surface area (Å²) < 4.78 is 0. The van der Waals surface area contributed by atoms with Crippen LogP contribution in [0.3, 0.4) is 0 Å². The molecule has 2 aromatic rings. The molecule has 2 aromatic carbocycles. The molecule has 5 heteroatoms. The Morgan fingerprint density at radius 3 is 1.81 bits per heavy atom. The van der Waals surface area contributed by atoms with Crippen LogP contribution >= 0.6 is 0 Å². The second-order valence-corrected chi connectivity index (χ2v) is 7.14. The van der Waals surface area contributed by atoms with E-state index in [1.165, 1.54) is 22.3 Å². The molecule has 2 heterocycles. The van der Waals surface area contributed by atoms with Crippen molar-refractivity contribution in [3.63, 3.8) is 0 Å². The van der Waals surface area contributed by atoms with Crippen LogP contribution in [0.15, 0.2) is 42.5 Å². The number of carboxylic acids is 2. The summed E-state index contributed by atoms with van der Waals surface area (Å²) >= 11 is 0. The summed E-state index contributed by atoms with van der Waals surface area (Å²) in [7, 11) is 2.33. The highest BCUT2D eigenvalue weighted by atomic mass is 16.4. The Hall–Kier alpha value is -2.66. The number of aryl methyl sites for hydroxylation is 1. The van der Waals surface area contributed by atoms with Gasteiger partial charge in [-0.1, -0.05) is 56.3 Å². The number of aliphatic carboxylic acids is 2. The first kappa shape index (κ1) is 19.1. The summed E-state index contributed by atoms with van der Waals surface area (Å²) in [6, 6.07) is 16.0. The van der Waals surface area contributed by atoms with Crippen molar-refractivity contribution in [2.24, 2.45) is 0 Å². The molecule has 0 saturated heterocycles. The van der Waals surface area contributed by atoms with E-state index in [1.807, 2.05) is 0 Å². The lowest BCUT2D eigenvalue weighted by atomic mass is 9.69. The molecule has 0 amide bonds. The van der Waals surface area contributed by atoms with Gasteiger partial charge in [-0.2, -0.15) is 0 Å². The summed E-state index contributed by atoms with van der Waals surface area (Å²) in [5, 5.41) is 14.8. The molecule has 4 rings (SSSR count). The molecule has 0 radical (unpaired) electrons. The maximum absolute atomic E-state index is 9.10. The van der Waals surface area contributed by atoms with Crippen molar-refractivity contribution in [3.05, 3.63) is 70.3 Å². The highest BCUT2D eigenvalue weighted by Crippen LogP contribution is 2.65. The zero-order valence-corrected chi connectivity index (χ0v) is 16.1. The van der Waals surface area contributed by atoms with Crippen molar-refractivity contribution in [2.75, 3.05) is 7.05 Å². The molecule has 142 valence electrons. The first-order valence-corrected chi connectivity index (χ1v) is 9.19. The predicted octanol–water partition coefficient (Wildman–Crippen LogP) is 3.72. The highest BCUT2D eigenvalue weighted by molar-refractivity contribution is 6.27. The van der Waals surface area contributed by atoms with Crippen LogP contribution in [0.4, 0.5) is 0 Å². The fraction of sp³-hybridized carbons (Fsp3) is 0.364. The number of hydrogen-bond acceptors (Lipinski definition) is 3. The molecule has 2 aliphatic heterocycles. The van der Waals surface area contributed by atoms with Gasteiger partial charge in [0.2, 0.25) is 0 Å². The standard InChI is InChI=1S/C20H23N.C2H2O4/c1-5-19-15-11-7-8-12-16(15)20(6-2,21(19)4)18-14(3)10-9-13-17(18)19;3-1(4)2(5)6/h7-13H,5-6H2,1-4H3;(H,3,4)(H,5,6). The van der Waals surface area contributed by atoms with E-state index in [1.54, 1.807) is 5.56 Å². The smallest absolute Gasteiger partial charge is 0.414 e. The highest BCUT2D eigenvalue weighted by Gasteiger charge is 2.63. The van der Waals surface area contributed by atoms with E-state index >= 15 is 0 Å². The average Bonchev–Trinajstić information content (AvgIpc) is 3.02. The molecule has 2 atom stereocenters. The normalized spacial score (nSPS) is 24.6. The van der Waals surface area contributed by atoms with Gasteiger partial charge in [0.25, 0.3) is 0 Å². The largest absolute Gasteiger partial charge is 0.473 e. The van der Waals surface area contributed by atoms with E-state index in [2.05, 4.69) is 75.2 Å². The summed E-state index contributed by atoms with van der Waals surface area (Å²) in [5.74, 6) is -3.65. The number of fused-ring (bicyclic) bond motifs is 8. The molecule has 27 heavy (non-hydrogen) atoms. The predicted molar refractivity (Wildman–Crippen MR) is 103 cm³/mol. The summed E-state index contributed by atoms with van der Waals surface area (Å²) in [6.07, 6.45) is 2.25. The fourth-order valence-electron chi connectivity index (χ4n) is 5.30. The van der Waals surface area contributed by atoms with E-state index in [0.717, 1.165) is 12.8 Å².